The maximum Gasteiger partial charge on any atom is 0.209 e. The highest BCUT2D eigenvalue weighted by atomic mass is 32.2. The van der Waals surface area contributed by atoms with Gasteiger partial charge in [0.15, 0.2) is 0 Å². The average Bonchev–Trinajstić information content (AvgIpc) is 2.36. The van der Waals surface area contributed by atoms with E-state index in [1.165, 1.54) is 0 Å². The highest BCUT2D eigenvalue weighted by molar-refractivity contribution is 7.89. The maximum atomic E-state index is 11.6. The summed E-state index contributed by atoms with van der Waals surface area (Å²) < 4.78 is 29.1. The van der Waals surface area contributed by atoms with E-state index < -0.39 is 15.4 Å². The van der Waals surface area contributed by atoms with Gasteiger partial charge < -0.3 is 4.74 Å². The fraction of sp³-hybridized carbons (Fsp3) is 0.625. The van der Waals surface area contributed by atoms with Crippen molar-refractivity contribution in [1.29, 1.82) is 0 Å². The molecule has 0 heterocycles. The lowest BCUT2D eigenvalue weighted by molar-refractivity contribution is 0.140. The largest absolute Gasteiger partial charge is 0.493 e. The molecule has 21 heavy (non-hydrogen) atoms. The molecule has 0 spiro atoms. The van der Waals surface area contributed by atoms with E-state index in [2.05, 4.69) is 13.8 Å². The standard InChI is InChI=1S/C16H27NO3S/c1-4-10-16(11-5-2,13-21(17,18)19)12-20-15-9-7-6-8-14(15)3/h6-9H,4-5,10-13H2,1-3H3,(H2,17,18,19). The van der Waals surface area contributed by atoms with Gasteiger partial charge in [-0.1, -0.05) is 44.9 Å². The van der Waals surface area contributed by atoms with Crippen LogP contribution in [0.5, 0.6) is 5.75 Å². The lowest BCUT2D eigenvalue weighted by atomic mass is 9.82. The van der Waals surface area contributed by atoms with Crippen molar-refractivity contribution >= 4 is 10.0 Å². The number of sulfonamides is 1. The minimum Gasteiger partial charge on any atom is -0.493 e. The van der Waals surface area contributed by atoms with Gasteiger partial charge in [0, 0.05) is 5.41 Å². The molecule has 1 aromatic rings. The molecule has 0 saturated carbocycles. The Morgan fingerprint density at radius 3 is 2.19 bits per heavy atom. The zero-order valence-corrected chi connectivity index (χ0v) is 14.1. The minimum absolute atomic E-state index is 0.0203. The number of aryl methyl sites for hydroxylation is 1. The van der Waals surface area contributed by atoms with Gasteiger partial charge in [0.05, 0.1) is 12.4 Å². The van der Waals surface area contributed by atoms with Crippen molar-refractivity contribution in [3.8, 4) is 5.75 Å². The summed E-state index contributed by atoms with van der Waals surface area (Å²) in [5, 5.41) is 5.30. The number of hydrogen-bond acceptors (Lipinski definition) is 3. The third-order valence-corrected chi connectivity index (χ3v) is 4.71. The second kappa shape index (κ2) is 7.80. The molecule has 0 unspecified atom stereocenters. The Bertz CT molecular complexity index is 534. The van der Waals surface area contributed by atoms with E-state index in [4.69, 9.17) is 9.88 Å². The van der Waals surface area contributed by atoms with Crippen molar-refractivity contribution in [3.05, 3.63) is 29.8 Å². The number of ether oxygens (including phenoxy) is 1. The van der Waals surface area contributed by atoms with Crippen molar-refractivity contribution in [2.75, 3.05) is 12.4 Å². The molecule has 0 bridgehead atoms. The van der Waals surface area contributed by atoms with E-state index in [1.54, 1.807) is 0 Å². The fourth-order valence-corrected chi connectivity index (χ4v) is 4.12. The third kappa shape index (κ3) is 6.06. The number of hydrogen-bond donors (Lipinski definition) is 1. The highest BCUT2D eigenvalue weighted by Gasteiger charge is 2.34. The Balaban J connectivity index is 2.92. The third-order valence-electron chi connectivity index (χ3n) is 3.70. The predicted octanol–water partition coefficient (Wildman–Crippen LogP) is 3.25. The van der Waals surface area contributed by atoms with E-state index in [9.17, 15) is 8.42 Å². The molecule has 0 aliphatic carbocycles. The highest BCUT2D eigenvalue weighted by Crippen LogP contribution is 2.32. The number of benzene rings is 1. The average molecular weight is 313 g/mol. The van der Waals surface area contributed by atoms with Crippen LogP contribution in [-0.2, 0) is 10.0 Å². The predicted molar refractivity (Wildman–Crippen MR) is 86.9 cm³/mol. The van der Waals surface area contributed by atoms with Gasteiger partial charge in [0.1, 0.15) is 5.75 Å². The first-order valence-electron chi connectivity index (χ1n) is 7.51. The molecule has 0 aliphatic rings. The Morgan fingerprint density at radius 2 is 1.71 bits per heavy atom. The molecule has 0 aliphatic heterocycles. The summed E-state index contributed by atoms with van der Waals surface area (Å²) in [6.07, 6.45) is 3.41. The molecule has 0 atom stereocenters. The smallest absolute Gasteiger partial charge is 0.209 e. The van der Waals surface area contributed by atoms with Crippen LogP contribution < -0.4 is 9.88 Å². The van der Waals surface area contributed by atoms with Gasteiger partial charge in [-0.05, 0) is 31.4 Å². The summed E-state index contributed by atoms with van der Waals surface area (Å²) in [4.78, 5) is 0. The summed E-state index contributed by atoms with van der Waals surface area (Å²) in [7, 11) is -3.52. The molecule has 120 valence electrons. The minimum atomic E-state index is -3.52. The van der Waals surface area contributed by atoms with E-state index in [-0.39, 0.29) is 5.75 Å². The van der Waals surface area contributed by atoms with Gasteiger partial charge >= 0.3 is 0 Å². The first-order valence-corrected chi connectivity index (χ1v) is 9.22. The van der Waals surface area contributed by atoms with Crippen molar-refractivity contribution in [1.82, 2.24) is 0 Å². The lowest BCUT2D eigenvalue weighted by Gasteiger charge is -2.32. The quantitative estimate of drug-likeness (QED) is 0.761. The van der Waals surface area contributed by atoms with Crippen LogP contribution in [0, 0.1) is 12.3 Å². The Hall–Kier alpha value is -1.07. The Morgan fingerprint density at radius 1 is 1.14 bits per heavy atom. The molecule has 5 heteroatoms. The molecule has 0 saturated heterocycles. The number of nitrogens with two attached hydrogens (primary N) is 1. The molecule has 2 N–H and O–H groups in total. The van der Waals surface area contributed by atoms with E-state index >= 15 is 0 Å². The zero-order valence-electron chi connectivity index (χ0n) is 13.3. The second-order valence-corrected chi connectivity index (χ2v) is 7.48. The van der Waals surface area contributed by atoms with Crippen molar-refractivity contribution in [2.24, 2.45) is 10.6 Å². The van der Waals surface area contributed by atoms with Crippen LogP contribution in [0.15, 0.2) is 24.3 Å². The normalized spacial score (nSPS) is 12.4. The van der Waals surface area contributed by atoms with Crippen molar-refractivity contribution in [2.45, 2.75) is 46.5 Å². The molecule has 0 aromatic heterocycles. The number of rotatable bonds is 9. The van der Waals surface area contributed by atoms with Gasteiger partial charge in [-0.3, -0.25) is 0 Å². The molecule has 0 radical (unpaired) electrons. The molecule has 1 aromatic carbocycles. The van der Waals surface area contributed by atoms with Crippen LogP contribution in [0.1, 0.15) is 45.1 Å². The summed E-state index contributed by atoms with van der Waals surface area (Å²) in [5.74, 6) is 0.789. The Kier molecular flexibility index (Phi) is 6.68. The van der Waals surface area contributed by atoms with Crippen LogP contribution in [0.4, 0.5) is 0 Å². The fourth-order valence-electron chi connectivity index (χ4n) is 2.89. The first-order chi connectivity index (χ1) is 9.82. The molecule has 4 nitrogen and oxygen atoms in total. The number of primary sulfonamides is 1. The summed E-state index contributed by atoms with van der Waals surface area (Å²) in [5.41, 5.74) is 0.648. The molecular formula is C16H27NO3S. The van der Waals surface area contributed by atoms with Crippen LogP contribution >= 0.6 is 0 Å². The van der Waals surface area contributed by atoms with Gasteiger partial charge in [-0.15, -0.1) is 0 Å². The maximum absolute atomic E-state index is 11.6. The van der Waals surface area contributed by atoms with Crippen molar-refractivity contribution < 1.29 is 13.2 Å². The van der Waals surface area contributed by atoms with Gasteiger partial charge in [0.2, 0.25) is 10.0 Å². The second-order valence-electron chi connectivity index (χ2n) is 5.86. The molecule has 0 amide bonds. The summed E-state index contributed by atoms with van der Waals surface area (Å²) in [6, 6.07) is 7.77. The summed E-state index contributed by atoms with van der Waals surface area (Å²) >= 11 is 0. The summed E-state index contributed by atoms with van der Waals surface area (Å²) in [6.45, 7) is 6.48. The van der Waals surface area contributed by atoms with E-state index in [0.29, 0.717) is 6.61 Å². The van der Waals surface area contributed by atoms with Gasteiger partial charge in [-0.2, -0.15) is 0 Å². The van der Waals surface area contributed by atoms with Crippen molar-refractivity contribution in [3.63, 3.8) is 0 Å². The SMILES string of the molecule is CCCC(CCC)(COc1ccccc1C)CS(N)(=O)=O. The van der Waals surface area contributed by atoms with Crippen LogP contribution in [0.25, 0.3) is 0 Å². The van der Waals surface area contributed by atoms with E-state index in [0.717, 1.165) is 37.0 Å². The van der Waals surface area contributed by atoms with Gasteiger partial charge in [-0.25, -0.2) is 13.6 Å². The first kappa shape index (κ1) is 18.0. The van der Waals surface area contributed by atoms with Crippen LogP contribution in [-0.4, -0.2) is 20.8 Å². The lowest BCUT2D eigenvalue weighted by Crippen LogP contribution is -2.38. The topological polar surface area (TPSA) is 69.4 Å². The van der Waals surface area contributed by atoms with Crippen LogP contribution in [0.2, 0.25) is 0 Å². The van der Waals surface area contributed by atoms with Gasteiger partial charge in [0.25, 0.3) is 0 Å². The van der Waals surface area contributed by atoms with Crippen LogP contribution in [0.3, 0.4) is 0 Å². The monoisotopic (exact) mass is 313 g/mol. The zero-order chi connectivity index (χ0) is 15.9. The molecule has 0 fully saturated rings. The van der Waals surface area contributed by atoms with E-state index in [1.807, 2.05) is 31.2 Å². The number of para-hydroxylation sites is 1. The molecule has 1 rings (SSSR count). The Labute approximate surface area is 128 Å². The molecular weight excluding hydrogens is 286 g/mol.